The van der Waals surface area contributed by atoms with Gasteiger partial charge in [-0.15, -0.1) is 0 Å². The molecule has 0 saturated heterocycles. The summed E-state index contributed by atoms with van der Waals surface area (Å²) >= 11 is 0. The number of benzene rings is 3. The molecular weight excluding hydrogens is 392 g/mol. The highest BCUT2D eigenvalue weighted by Gasteiger charge is 2.37. The van der Waals surface area contributed by atoms with Crippen molar-refractivity contribution >= 4 is 20.9 Å². The van der Waals surface area contributed by atoms with E-state index in [2.05, 4.69) is 23.2 Å². The lowest BCUT2D eigenvalue weighted by molar-refractivity contribution is 0.345. The largest absolute Gasteiger partial charge is 0.361 e. The maximum atomic E-state index is 13.6. The van der Waals surface area contributed by atoms with Crippen molar-refractivity contribution in [3.05, 3.63) is 107 Å². The summed E-state index contributed by atoms with van der Waals surface area (Å²) in [5, 5.41) is 1.06. The predicted octanol–water partition coefficient (Wildman–Crippen LogP) is 4.95. The summed E-state index contributed by atoms with van der Waals surface area (Å²) in [4.78, 5) is 3.32. The molecule has 4 aromatic rings. The van der Waals surface area contributed by atoms with Crippen LogP contribution in [0.3, 0.4) is 0 Å². The zero-order valence-corrected chi connectivity index (χ0v) is 17.7. The summed E-state index contributed by atoms with van der Waals surface area (Å²) in [5.74, 6) is 0.00824. The lowest BCUT2D eigenvalue weighted by Crippen LogP contribution is -2.41. The van der Waals surface area contributed by atoms with Gasteiger partial charge in [0, 0.05) is 29.2 Å². The second-order valence-electron chi connectivity index (χ2n) is 7.99. The fraction of sp³-hybridized carbons (Fsp3) is 0.200. The van der Waals surface area contributed by atoms with Crippen LogP contribution in [-0.2, 0) is 22.2 Å². The Hall–Kier alpha value is -2.89. The number of rotatable bonds is 4. The second-order valence-corrected chi connectivity index (χ2v) is 9.92. The van der Waals surface area contributed by atoms with Crippen molar-refractivity contribution in [3.63, 3.8) is 0 Å². The summed E-state index contributed by atoms with van der Waals surface area (Å²) in [6.45, 7) is 2.49. The van der Waals surface area contributed by atoms with Crippen LogP contribution in [0, 0.1) is 6.92 Å². The Bertz CT molecular complexity index is 1310. The molecule has 5 rings (SSSR count). The molecule has 1 aromatic heterocycles. The maximum Gasteiger partial charge on any atom is 0.219 e. The average molecular weight is 417 g/mol. The maximum absolute atomic E-state index is 13.6. The molecular formula is C25H24N2O2S. The first kappa shape index (κ1) is 19.1. The number of H-pyrrole nitrogens is 1. The van der Waals surface area contributed by atoms with Gasteiger partial charge < -0.3 is 4.98 Å². The minimum absolute atomic E-state index is 0.00824. The first-order valence-corrected chi connectivity index (χ1v) is 11.8. The van der Waals surface area contributed by atoms with Crippen molar-refractivity contribution in [2.75, 3.05) is 6.54 Å². The zero-order valence-electron chi connectivity index (χ0n) is 16.9. The molecule has 4 nitrogen and oxygen atoms in total. The van der Waals surface area contributed by atoms with Gasteiger partial charge >= 0.3 is 0 Å². The van der Waals surface area contributed by atoms with Crippen LogP contribution in [0.1, 0.15) is 33.9 Å². The Balaban J connectivity index is 1.62. The number of aromatic amines is 1. The number of para-hydroxylation sites is 1. The lowest BCUT2D eigenvalue weighted by Gasteiger charge is -2.36. The van der Waals surface area contributed by atoms with Gasteiger partial charge in [-0.1, -0.05) is 72.3 Å². The normalized spacial score (nSPS) is 17.2. The Morgan fingerprint density at radius 1 is 0.933 bits per heavy atom. The molecule has 1 N–H and O–H groups in total. The van der Waals surface area contributed by atoms with Gasteiger partial charge in [0.25, 0.3) is 0 Å². The third-order valence-electron chi connectivity index (χ3n) is 5.98. The Kier molecular flexibility index (Phi) is 4.72. The van der Waals surface area contributed by atoms with Gasteiger partial charge in [0.2, 0.25) is 10.0 Å². The molecule has 0 bridgehead atoms. The van der Waals surface area contributed by atoms with E-state index in [1.807, 2.05) is 67.7 Å². The molecule has 0 saturated carbocycles. The highest BCUT2D eigenvalue weighted by molar-refractivity contribution is 7.88. The number of sulfonamides is 1. The molecule has 0 fully saturated rings. The third-order valence-corrected chi connectivity index (χ3v) is 7.79. The summed E-state index contributed by atoms with van der Waals surface area (Å²) in [5.41, 5.74) is 6.25. The van der Waals surface area contributed by atoms with Crippen LogP contribution < -0.4 is 0 Å². The monoisotopic (exact) mass is 416 g/mol. The van der Waals surface area contributed by atoms with Crippen LogP contribution >= 0.6 is 0 Å². The van der Waals surface area contributed by atoms with Gasteiger partial charge in [0.05, 0.1) is 11.8 Å². The molecule has 0 radical (unpaired) electrons. The Labute approximate surface area is 177 Å². The van der Waals surface area contributed by atoms with Crippen LogP contribution in [0.2, 0.25) is 0 Å². The Morgan fingerprint density at radius 2 is 1.67 bits per heavy atom. The molecule has 152 valence electrons. The lowest BCUT2D eigenvalue weighted by atomic mass is 9.90. The molecule has 0 spiro atoms. The van der Waals surface area contributed by atoms with E-state index in [0.717, 1.165) is 39.6 Å². The Morgan fingerprint density at radius 3 is 2.50 bits per heavy atom. The number of hydrogen-bond acceptors (Lipinski definition) is 2. The van der Waals surface area contributed by atoms with Gasteiger partial charge in [-0.2, -0.15) is 4.31 Å². The van der Waals surface area contributed by atoms with E-state index in [9.17, 15) is 8.42 Å². The van der Waals surface area contributed by atoms with E-state index < -0.39 is 10.0 Å². The van der Waals surface area contributed by atoms with Gasteiger partial charge in [-0.25, -0.2) is 8.42 Å². The van der Waals surface area contributed by atoms with Gasteiger partial charge in [-0.3, -0.25) is 0 Å². The number of fused-ring (bicyclic) bond motifs is 2. The number of aryl methyl sites for hydroxylation is 1. The van der Waals surface area contributed by atoms with Crippen LogP contribution in [-0.4, -0.2) is 24.3 Å². The van der Waals surface area contributed by atoms with Crippen LogP contribution in [0.4, 0.5) is 0 Å². The fourth-order valence-electron chi connectivity index (χ4n) is 4.46. The average Bonchev–Trinajstić information content (AvgIpc) is 3.18. The summed E-state index contributed by atoms with van der Waals surface area (Å²) in [6.07, 6.45) is 2.69. The summed E-state index contributed by atoms with van der Waals surface area (Å²) in [7, 11) is -3.52. The van der Waals surface area contributed by atoms with Crippen molar-refractivity contribution in [2.24, 2.45) is 0 Å². The van der Waals surface area contributed by atoms with Crippen molar-refractivity contribution in [3.8, 4) is 0 Å². The van der Waals surface area contributed by atoms with E-state index in [4.69, 9.17) is 0 Å². The van der Waals surface area contributed by atoms with Crippen molar-refractivity contribution < 1.29 is 8.42 Å². The van der Waals surface area contributed by atoms with E-state index in [1.165, 1.54) is 5.56 Å². The topological polar surface area (TPSA) is 53.2 Å². The molecule has 5 heteroatoms. The molecule has 1 aliphatic rings. The van der Waals surface area contributed by atoms with Crippen LogP contribution in [0.5, 0.6) is 0 Å². The van der Waals surface area contributed by atoms with E-state index in [0.29, 0.717) is 6.54 Å². The molecule has 0 amide bonds. The molecule has 1 atom stereocenters. The number of nitrogens with zero attached hydrogens (tertiary/aromatic N) is 1. The van der Waals surface area contributed by atoms with Crippen LogP contribution in [0.15, 0.2) is 79.0 Å². The molecule has 3 aromatic carbocycles. The van der Waals surface area contributed by atoms with E-state index in [-0.39, 0.29) is 11.8 Å². The molecule has 0 unspecified atom stereocenters. The van der Waals surface area contributed by atoms with E-state index >= 15 is 0 Å². The minimum atomic E-state index is -3.52. The van der Waals surface area contributed by atoms with Gasteiger partial charge in [0.1, 0.15) is 0 Å². The molecule has 30 heavy (non-hydrogen) atoms. The van der Waals surface area contributed by atoms with Gasteiger partial charge in [-0.05, 0) is 36.1 Å². The second kappa shape index (κ2) is 7.42. The molecule has 2 heterocycles. The predicted molar refractivity (Wildman–Crippen MR) is 121 cm³/mol. The van der Waals surface area contributed by atoms with Crippen molar-refractivity contribution in [1.29, 1.82) is 0 Å². The number of nitrogens with one attached hydrogen (secondary N) is 1. The van der Waals surface area contributed by atoms with E-state index in [1.54, 1.807) is 4.31 Å². The smallest absolute Gasteiger partial charge is 0.219 e. The zero-order chi connectivity index (χ0) is 20.7. The molecule has 0 aliphatic carbocycles. The van der Waals surface area contributed by atoms with Crippen molar-refractivity contribution in [1.82, 2.24) is 9.29 Å². The standard InChI is InChI=1S/C25H24N2O2S/c1-18-10-12-19(13-11-18)17-30(28,29)27-15-14-20-6-2-3-7-21(20)25(27)23-16-26-24-9-5-4-8-22(23)24/h2-13,16,25-26H,14-15,17H2,1H3/t25-/m1/s1. The quantitative estimate of drug-likeness (QED) is 0.512. The van der Waals surface area contributed by atoms with Crippen molar-refractivity contribution in [2.45, 2.75) is 25.1 Å². The van der Waals surface area contributed by atoms with Gasteiger partial charge in [0.15, 0.2) is 0 Å². The summed E-state index contributed by atoms with van der Waals surface area (Å²) in [6, 6.07) is 23.7. The highest BCUT2D eigenvalue weighted by Crippen LogP contribution is 2.40. The fourth-order valence-corrected chi connectivity index (χ4v) is 6.16. The number of hydrogen-bond donors (Lipinski definition) is 1. The number of aromatic nitrogens is 1. The van der Waals surface area contributed by atoms with Crippen LogP contribution in [0.25, 0.3) is 10.9 Å². The summed E-state index contributed by atoms with van der Waals surface area (Å²) < 4.78 is 28.9. The first-order valence-electron chi connectivity index (χ1n) is 10.2. The highest BCUT2D eigenvalue weighted by atomic mass is 32.2. The molecule has 1 aliphatic heterocycles. The SMILES string of the molecule is Cc1ccc(CS(=O)(=O)N2CCc3ccccc3[C@@H]2c2c[nH]c3ccccc23)cc1. The first-order chi connectivity index (χ1) is 14.5. The third kappa shape index (κ3) is 3.34. The minimum Gasteiger partial charge on any atom is -0.361 e.